The quantitative estimate of drug-likeness (QED) is 0.828. The van der Waals surface area contributed by atoms with Crippen molar-refractivity contribution in [2.75, 3.05) is 17.7 Å². The van der Waals surface area contributed by atoms with E-state index in [0.717, 1.165) is 5.56 Å². The second kappa shape index (κ2) is 6.10. The first-order valence-electron chi connectivity index (χ1n) is 7.53. The predicted molar refractivity (Wildman–Crippen MR) is 88.2 cm³/mol. The zero-order chi connectivity index (χ0) is 15.5. The summed E-state index contributed by atoms with van der Waals surface area (Å²) in [5.41, 5.74) is 8.51. The number of carbonyl (C=O) groups excluding carboxylic acids is 1. The summed E-state index contributed by atoms with van der Waals surface area (Å²) in [6.45, 7) is 2.61. The highest BCUT2D eigenvalue weighted by atomic mass is 16.5. The molecule has 0 aliphatic heterocycles. The minimum absolute atomic E-state index is 0.174. The fourth-order valence-electron chi connectivity index (χ4n) is 2.26. The van der Waals surface area contributed by atoms with Gasteiger partial charge in [0.2, 0.25) is 0 Å². The molecule has 1 saturated carbocycles. The molecule has 0 aromatic heterocycles. The first kappa shape index (κ1) is 14.4. The van der Waals surface area contributed by atoms with Gasteiger partial charge in [0.1, 0.15) is 5.75 Å². The number of ether oxygens (including phenoxy) is 1. The van der Waals surface area contributed by atoms with Gasteiger partial charge in [-0.1, -0.05) is 18.2 Å². The maximum atomic E-state index is 12.5. The number of carbonyl (C=O) groups is 1. The molecular formula is C18H20N2O2. The molecule has 4 nitrogen and oxygen atoms in total. The van der Waals surface area contributed by atoms with Gasteiger partial charge in [-0.3, -0.25) is 4.79 Å². The van der Waals surface area contributed by atoms with Crippen LogP contribution in [0.15, 0.2) is 42.5 Å². The number of nitrogen functional groups attached to an aromatic ring is 1. The van der Waals surface area contributed by atoms with Gasteiger partial charge in [-0.15, -0.1) is 0 Å². The molecule has 0 radical (unpaired) electrons. The molecule has 1 aliphatic carbocycles. The molecule has 4 heteroatoms. The van der Waals surface area contributed by atoms with Gasteiger partial charge in [0.15, 0.2) is 0 Å². The molecule has 0 spiro atoms. The minimum atomic E-state index is -0.174. The van der Waals surface area contributed by atoms with Crippen LogP contribution in [0.5, 0.6) is 5.75 Å². The number of hydrogen-bond acceptors (Lipinski definition) is 3. The van der Waals surface area contributed by atoms with Gasteiger partial charge < -0.3 is 15.8 Å². The van der Waals surface area contributed by atoms with Crippen molar-refractivity contribution < 1.29 is 9.53 Å². The van der Waals surface area contributed by atoms with Crippen molar-refractivity contribution in [3.05, 3.63) is 53.6 Å². The van der Waals surface area contributed by atoms with Crippen LogP contribution in [0, 0.1) is 12.8 Å². The summed E-state index contributed by atoms with van der Waals surface area (Å²) < 4.78 is 5.81. The van der Waals surface area contributed by atoms with Crippen LogP contribution in [0.1, 0.15) is 28.8 Å². The maximum absolute atomic E-state index is 12.5. The lowest BCUT2D eigenvalue weighted by Crippen LogP contribution is -2.15. The molecule has 2 aromatic carbocycles. The monoisotopic (exact) mass is 296 g/mol. The number of benzene rings is 2. The van der Waals surface area contributed by atoms with Crippen molar-refractivity contribution in [1.29, 1.82) is 0 Å². The molecule has 0 atom stereocenters. The molecule has 3 N–H and O–H groups in total. The first-order valence-corrected chi connectivity index (χ1v) is 7.53. The summed E-state index contributed by atoms with van der Waals surface area (Å²) in [6.07, 6.45) is 2.47. The van der Waals surface area contributed by atoms with Crippen molar-refractivity contribution in [2.45, 2.75) is 19.8 Å². The van der Waals surface area contributed by atoms with Gasteiger partial charge in [-0.25, -0.2) is 0 Å². The zero-order valence-electron chi connectivity index (χ0n) is 12.6. The molecule has 1 aliphatic rings. The van der Waals surface area contributed by atoms with E-state index in [4.69, 9.17) is 10.5 Å². The number of rotatable bonds is 5. The number of aryl methyl sites for hydroxylation is 1. The van der Waals surface area contributed by atoms with Crippen LogP contribution in [0.3, 0.4) is 0 Å². The second-order valence-electron chi connectivity index (χ2n) is 5.78. The second-order valence-corrected chi connectivity index (χ2v) is 5.78. The van der Waals surface area contributed by atoms with Crippen LogP contribution in [0.4, 0.5) is 11.4 Å². The Morgan fingerprint density at radius 3 is 2.82 bits per heavy atom. The molecule has 22 heavy (non-hydrogen) atoms. The number of para-hydroxylation sites is 2. The van der Waals surface area contributed by atoms with Crippen molar-refractivity contribution in [3.8, 4) is 5.75 Å². The lowest BCUT2D eigenvalue weighted by atomic mass is 10.1. The van der Waals surface area contributed by atoms with E-state index in [1.165, 1.54) is 12.8 Å². The van der Waals surface area contributed by atoms with Crippen molar-refractivity contribution in [3.63, 3.8) is 0 Å². The fraction of sp³-hybridized carbons (Fsp3) is 0.278. The van der Waals surface area contributed by atoms with Crippen molar-refractivity contribution in [2.24, 2.45) is 5.92 Å². The topological polar surface area (TPSA) is 64.4 Å². The first-order chi connectivity index (χ1) is 10.6. The highest BCUT2D eigenvalue weighted by Gasteiger charge is 2.22. The fourth-order valence-corrected chi connectivity index (χ4v) is 2.26. The van der Waals surface area contributed by atoms with E-state index in [1.54, 1.807) is 12.1 Å². The highest BCUT2D eigenvalue weighted by Crippen LogP contribution is 2.32. The highest BCUT2D eigenvalue weighted by molar-refractivity contribution is 6.06. The van der Waals surface area contributed by atoms with Gasteiger partial charge in [0.25, 0.3) is 5.91 Å². The average molecular weight is 296 g/mol. The lowest BCUT2D eigenvalue weighted by Gasteiger charge is -2.13. The normalized spacial score (nSPS) is 13.7. The van der Waals surface area contributed by atoms with Gasteiger partial charge in [-0.2, -0.15) is 0 Å². The maximum Gasteiger partial charge on any atom is 0.256 e. The van der Waals surface area contributed by atoms with E-state index >= 15 is 0 Å². The van der Waals surface area contributed by atoms with Gasteiger partial charge in [0.05, 0.1) is 12.3 Å². The van der Waals surface area contributed by atoms with Crippen LogP contribution in [0.25, 0.3) is 0 Å². The standard InChI is InChI=1S/C18H20N2O2/c1-12-6-9-14(19)10-15(12)18(21)20-16-4-2-3-5-17(16)22-11-13-7-8-13/h2-6,9-10,13H,7-8,11,19H2,1H3,(H,20,21). The molecule has 2 aromatic rings. The molecule has 3 rings (SSSR count). The zero-order valence-corrected chi connectivity index (χ0v) is 12.6. The Kier molecular flexibility index (Phi) is 4.00. The van der Waals surface area contributed by atoms with E-state index < -0.39 is 0 Å². The summed E-state index contributed by atoms with van der Waals surface area (Å²) in [5, 5.41) is 2.92. The van der Waals surface area contributed by atoms with Crippen LogP contribution >= 0.6 is 0 Å². The molecule has 0 saturated heterocycles. The average Bonchev–Trinajstić information content (AvgIpc) is 3.33. The molecule has 0 heterocycles. The van der Waals surface area contributed by atoms with E-state index in [2.05, 4.69) is 5.32 Å². The van der Waals surface area contributed by atoms with Crippen LogP contribution < -0.4 is 15.8 Å². The molecule has 1 fully saturated rings. The lowest BCUT2D eigenvalue weighted by molar-refractivity contribution is 0.102. The number of hydrogen-bond donors (Lipinski definition) is 2. The Bertz CT molecular complexity index is 693. The molecular weight excluding hydrogens is 276 g/mol. The summed E-state index contributed by atoms with van der Waals surface area (Å²) in [7, 11) is 0. The Morgan fingerprint density at radius 2 is 2.05 bits per heavy atom. The number of nitrogens with one attached hydrogen (secondary N) is 1. The van der Waals surface area contributed by atoms with Crippen molar-refractivity contribution in [1.82, 2.24) is 0 Å². The molecule has 0 unspecified atom stereocenters. The van der Waals surface area contributed by atoms with Gasteiger partial charge in [-0.05, 0) is 55.5 Å². The smallest absolute Gasteiger partial charge is 0.256 e. The van der Waals surface area contributed by atoms with Crippen LogP contribution in [-0.2, 0) is 0 Å². The number of amides is 1. The van der Waals surface area contributed by atoms with E-state index in [1.807, 2.05) is 37.3 Å². The third-order valence-corrected chi connectivity index (χ3v) is 3.81. The molecule has 0 bridgehead atoms. The Labute approximate surface area is 130 Å². The summed E-state index contributed by atoms with van der Waals surface area (Å²) in [5.74, 6) is 1.21. The molecule has 1 amide bonds. The number of nitrogens with two attached hydrogens (primary N) is 1. The van der Waals surface area contributed by atoms with E-state index in [9.17, 15) is 4.79 Å². The van der Waals surface area contributed by atoms with E-state index in [0.29, 0.717) is 35.2 Å². The van der Waals surface area contributed by atoms with Crippen molar-refractivity contribution >= 4 is 17.3 Å². The molecule has 114 valence electrons. The number of anilines is 2. The third kappa shape index (κ3) is 3.39. The summed E-state index contributed by atoms with van der Waals surface area (Å²) >= 11 is 0. The Hall–Kier alpha value is -2.49. The van der Waals surface area contributed by atoms with Gasteiger partial charge >= 0.3 is 0 Å². The third-order valence-electron chi connectivity index (χ3n) is 3.81. The van der Waals surface area contributed by atoms with E-state index in [-0.39, 0.29) is 5.91 Å². The largest absolute Gasteiger partial charge is 0.491 e. The minimum Gasteiger partial charge on any atom is -0.491 e. The SMILES string of the molecule is Cc1ccc(N)cc1C(=O)Nc1ccccc1OCC1CC1. The summed E-state index contributed by atoms with van der Waals surface area (Å²) in [4.78, 5) is 12.5. The predicted octanol–water partition coefficient (Wildman–Crippen LogP) is 3.62. The van der Waals surface area contributed by atoms with Crippen LogP contribution in [0.2, 0.25) is 0 Å². The summed E-state index contributed by atoms with van der Waals surface area (Å²) in [6, 6.07) is 12.8. The Balaban J connectivity index is 1.76. The van der Waals surface area contributed by atoms with Crippen LogP contribution in [-0.4, -0.2) is 12.5 Å². The van der Waals surface area contributed by atoms with Gasteiger partial charge in [0, 0.05) is 11.3 Å². The Morgan fingerprint density at radius 1 is 1.27 bits per heavy atom.